The van der Waals surface area contributed by atoms with Gasteiger partial charge in [0.05, 0.1) is 5.56 Å². The molecule has 112 valence electrons. The first-order chi connectivity index (χ1) is 9.24. The van der Waals surface area contributed by atoms with E-state index in [9.17, 15) is 18.0 Å². The third-order valence-corrected chi connectivity index (χ3v) is 3.00. The molecule has 0 heterocycles. The van der Waals surface area contributed by atoms with Crippen LogP contribution in [0.25, 0.3) is 0 Å². The second-order valence-electron chi connectivity index (χ2n) is 4.55. The standard InChI is InChI=1S/C13H16ClF3N2O/c1-8(3-2-4-18)12(20)19-11-6-9(13(15,16)17)5-10(14)7-11/h5-8H,2-4,18H2,1H3,(H,19,20). The van der Waals surface area contributed by atoms with Gasteiger partial charge in [0.25, 0.3) is 0 Å². The molecule has 1 unspecified atom stereocenters. The molecule has 7 heteroatoms. The molecule has 0 saturated heterocycles. The molecule has 0 spiro atoms. The molecule has 0 aliphatic carbocycles. The predicted octanol–water partition coefficient (Wildman–Crippen LogP) is 3.67. The van der Waals surface area contributed by atoms with Crippen LogP contribution < -0.4 is 11.1 Å². The number of anilines is 1. The first-order valence-electron chi connectivity index (χ1n) is 6.12. The molecule has 0 aromatic heterocycles. The van der Waals surface area contributed by atoms with Crippen molar-refractivity contribution >= 4 is 23.2 Å². The number of alkyl halides is 3. The summed E-state index contributed by atoms with van der Waals surface area (Å²) in [4.78, 5) is 11.8. The van der Waals surface area contributed by atoms with Crippen LogP contribution in [0, 0.1) is 5.92 Å². The van der Waals surface area contributed by atoms with Crippen LogP contribution in [0.15, 0.2) is 18.2 Å². The topological polar surface area (TPSA) is 55.1 Å². The van der Waals surface area contributed by atoms with Gasteiger partial charge in [0.15, 0.2) is 0 Å². The third kappa shape index (κ3) is 5.02. The summed E-state index contributed by atoms with van der Waals surface area (Å²) in [5.41, 5.74) is 4.49. The van der Waals surface area contributed by atoms with Gasteiger partial charge in [-0.2, -0.15) is 13.2 Å². The number of halogens is 4. The average Bonchev–Trinajstić information content (AvgIpc) is 2.34. The van der Waals surface area contributed by atoms with Crippen molar-refractivity contribution in [2.45, 2.75) is 25.9 Å². The number of carbonyl (C=O) groups excluding carboxylic acids is 1. The smallest absolute Gasteiger partial charge is 0.330 e. The Balaban J connectivity index is 2.82. The number of carbonyl (C=O) groups is 1. The van der Waals surface area contributed by atoms with Crippen LogP contribution in [0.1, 0.15) is 25.3 Å². The highest BCUT2D eigenvalue weighted by Gasteiger charge is 2.31. The van der Waals surface area contributed by atoms with Gasteiger partial charge in [-0.05, 0) is 37.6 Å². The highest BCUT2D eigenvalue weighted by atomic mass is 35.5. The van der Waals surface area contributed by atoms with E-state index >= 15 is 0 Å². The van der Waals surface area contributed by atoms with Crippen molar-refractivity contribution in [2.75, 3.05) is 11.9 Å². The summed E-state index contributed by atoms with van der Waals surface area (Å²) in [5, 5.41) is 2.36. The lowest BCUT2D eigenvalue weighted by Crippen LogP contribution is -2.21. The van der Waals surface area contributed by atoms with Gasteiger partial charge in [0.1, 0.15) is 0 Å². The van der Waals surface area contributed by atoms with E-state index in [4.69, 9.17) is 17.3 Å². The van der Waals surface area contributed by atoms with E-state index in [2.05, 4.69) is 5.32 Å². The van der Waals surface area contributed by atoms with Crippen molar-refractivity contribution in [3.63, 3.8) is 0 Å². The van der Waals surface area contributed by atoms with Crippen LogP contribution in [0.3, 0.4) is 0 Å². The van der Waals surface area contributed by atoms with Crippen LogP contribution in [0.5, 0.6) is 0 Å². The van der Waals surface area contributed by atoms with Gasteiger partial charge in [-0.3, -0.25) is 4.79 Å². The summed E-state index contributed by atoms with van der Waals surface area (Å²) in [5.74, 6) is -0.680. The Kier molecular flexibility index (Phi) is 5.83. The molecule has 0 bridgehead atoms. The maximum atomic E-state index is 12.6. The lowest BCUT2D eigenvalue weighted by Gasteiger charge is -2.14. The molecular formula is C13H16ClF3N2O. The van der Waals surface area contributed by atoms with Gasteiger partial charge in [0, 0.05) is 16.6 Å². The largest absolute Gasteiger partial charge is 0.416 e. The predicted molar refractivity (Wildman–Crippen MR) is 72.5 cm³/mol. The van der Waals surface area contributed by atoms with Crippen LogP contribution in [-0.4, -0.2) is 12.5 Å². The summed E-state index contributed by atoms with van der Waals surface area (Å²) in [7, 11) is 0. The van der Waals surface area contributed by atoms with Gasteiger partial charge >= 0.3 is 6.18 Å². The van der Waals surface area contributed by atoms with Gasteiger partial charge < -0.3 is 11.1 Å². The average molecular weight is 309 g/mol. The molecule has 0 saturated carbocycles. The van der Waals surface area contributed by atoms with Crippen molar-refractivity contribution in [1.82, 2.24) is 0 Å². The number of hydrogen-bond donors (Lipinski definition) is 2. The summed E-state index contributed by atoms with van der Waals surface area (Å²) < 4.78 is 37.9. The minimum atomic E-state index is -4.50. The Morgan fingerprint density at radius 1 is 1.40 bits per heavy atom. The summed E-state index contributed by atoms with van der Waals surface area (Å²) >= 11 is 5.63. The summed E-state index contributed by atoms with van der Waals surface area (Å²) in [6, 6.07) is 2.96. The van der Waals surface area contributed by atoms with Crippen molar-refractivity contribution in [2.24, 2.45) is 11.7 Å². The summed E-state index contributed by atoms with van der Waals surface area (Å²) in [6.45, 7) is 2.16. The fourth-order valence-corrected chi connectivity index (χ4v) is 1.88. The van der Waals surface area contributed by atoms with Gasteiger partial charge in [-0.25, -0.2) is 0 Å². The summed E-state index contributed by atoms with van der Waals surface area (Å²) in [6.07, 6.45) is -3.25. The molecule has 3 N–H and O–H groups in total. The number of hydrogen-bond acceptors (Lipinski definition) is 2. The molecule has 1 aromatic rings. The third-order valence-electron chi connectivity index (χ3n) is 2.78. The van der Waals surface area contributed by atoms with E-state index in [1.54, 1.807) is 6.92 Å². The van der Waals surface area contributed by atoms with E-state index in [1.807, 2.05) is 0 Å². The second-order valence-corrected chi connectivity index (χ2v) is 4.98. The molecule has 3 nitrogen and oxygen atoms in total. The van der Waals surface area contributed by atoms with Crippen LogP contribution in [0.4, 0.5) is 18.9 Å². The normalized spacial score (nSPS) is 13.1. The fraction of sp³-hybridized carbons (Fsp3) is 0.462. The zero-order valence-corrected chi connectivity index (χ0v) is 11.7. The van der Waals surface area contributed by atoms with Crippen LogP contribution in [0.2, 0.25) is 5.02 Å². The Morgan fingerprint density at radius 3 is 2.60 bits per heavy atom. The first-order valence-corrected chi connectivity index (χ1v) is 6.50. The lowest BCUT2D eigenvalue weighted by atomic mass is 10.0. The fourth-order valence-electron chi connectivity index (χ4n) is 1.65. The van der Waals surface area contributed by atoms with Crippen molar-refractivity contribution in [3.05, 3.63) is 28.8 Å². The maximum absolute atomic E-state index is 12.6. The second kappa shape index (κ2) is 6.95. The van der Waals surface area contributed by atoms with E-state index in [0.29, 0.717) is 19.4 Å². The number of nitrogens with two attached hydrogens (primary N) is 1. The maximum Gasteiger partial charge on any atom is 0.416 e. The minimum Gasteiger partial charge on any atom is -0.330 e. The van der Waals surface area contributed by atoms with E-state index < -0.39 is 11.7 Å². The molecule has 1 rings (SSSR count). The van der Waals surface area contributed by atoms with Crippen LogP contribution >= 0.6 is 11.6 Å². The van der Waals surface area contributed by atoms with Gasteiger partial charge in [0.2, 0.25) is 5.91 Å². The van der Waals surface area contributed by atoms with Crippen molar-refractivity contribution < 1.29 is 18.0 Å². The SMILES string of the molecule is CC(CCCN)C(=O)Nc1cc(Cl)cc(C(F)(F)F)c1. The highest BCUT2D eigenvalue weighted by Crippen LogP contribution is 2.33. The number of benzene rings is 1. The molecule has 0 aliphatic heterocycles. The lowest BCUT2D eigenvalue weighted by molar-refractivity contribution is -0.137. The molecular weight excluding hydrogens is 293 g/mol. The van der Waals surface area contributed by atoms with Crippen LogP contribution in [-0.2, 0) is 11.0 Å². The Bertz CT molecular complexity index is 477. The Labute approximate surface area is 120 Å². The van der Waals surface area contributed by atoms with Crippen molar-refractivity contribution in [1.29, 1.82) is 0 Å². The zero-order chi connectivity index (χ0) is 15.3. The van der Waals surface area contributed by atoms with Gasteiger partial charge in [-0.15, -0.1) is 0 Å². The van der Waals surface area contributed by atoms with E-state index in [0.717, 1.165) is 12.1 Å². The van der Waals surface area contributed by atoms with E-state index in [-0.39, 0.29) is 22.5 Å². The molecule has 0 radical (unpaired) electrons. The minimum absolute atomic E-state index is 0.0365. The molecule has 1 amide bonds. The van der Waals surface area contributed by atoms with Crippen molar-refractivity contribution in [3.8, 4) is 0 Å². The van der Waals surface area contributed by atoms with E-state index in [1.165, 1.54) is 6.07 Å². The number of rotatable bonds is 5. The number of amides is 1. The molecule has 0 fully saturated rings. The molecule has 1 atom stereocenters. The van der Waals surface area contributed by atoms with Gasteiger partial charge in [-0.1, -0.05) is 18.5 Å². The highest BCUT2D eigenvalue weighted by molar-refractivity contribution is 6.31. The zero-order valence-electron chi connectivity index (χ0n) is 10.9. The quantitative estimate of drug-likeness (QED) is 0.872. The molecule has 20 heavy (non-hydrogen) atoms. The molecule has 0 aliphatic rings. The number of nitrogens with one attached hydrogen (secondary N) is 1. The molecule has 1 aromatic carbocycles. The first kappa shape index (κ1) is 16.8. The Morgan fingerprint density at radius 2 is 2.05 bits per heavy atom. The Hall–Kier alpha value is -1.27. The monoisotopic (exact) mass is 308 g/mol.